The number of hydrogen-bond acceptors (Lipinski definition) is 3. The first-order valence-corrected chi connectivity index (χ1v) is 5.53. The lowest BCUT2D eigenvalue weighted by molar-refractivity contribution is 0.0699. The predicted molar refractivity (Wildman–Crippen MR) is 66.0 cm³/mol. The van der Waals surface area contributed by atoms with Crippen LogP contribution in [-0.2, 0) is 6.54 Å². The van der Waals surface area contributed by atoms with Gasteiger partial charge >= 0.3 is 5.97 Å². The highest BCUT2D eigenvalue weighted by Gasteiger charge is 2.18. The van der Waals surface area contributed by atoms with E-state index < -0.39 is 5.97 Å². The molecular weight excluding hydrogens is 234 g/mol. The molecule has 0 radical (unpaired) electrons. The maximum atomic E-state index is 11.6. The molecule has 0 fully saturated rings. The Morgan fingerprint density at radius 1 is 1.28 bits per heavy atom. The Morgan fingerprint density at radius 3 is 2.56 bits per heavy atom. The summed E-state index contributed by atoms with van der Waals surface area (Å²) in [6.45, 7) is 1.65. The van der Waals surface area contributed by atoms with E-state index in [-0.39, 0.29) is 18.0 Å². The zero-order valence-electron chi connectivity index (χ0n) is 9.88. The van der Waals surface area contributed by atoms with Gasteiger partial charge in [0.1, 0.15) is 0 Å². The van der Waals surface area contributed by atoms with Crippen molar-refractivity contribution in [3.8, 4) is 0 Å². The lowest BCUT2D eigenvalue weighted by Crippen LogP contribution is -2.01. The molecule has 2 rings (SSSR count). The number of carboxylic acid groups (broad SMARTS) is 1. The minimum absolute atomic E-state index is 0.0710. The van der Waals surface area contributed by atoms with Crippen molar-refractivity contribution in [1.82, 2.24) is 4.57 Å². The summed E-state index contributed by atoms with van der Waals surface area (Å²) in [5.74, 6) is -1.25. The van der Waals surface area contributed by atoms with Crippen LogP contribution in [0.25, 0.3) is 10.9 Å². The van der Waals surface area contributed by atoms with Gasteiger partial charge in [0.15, 0.2) is 5.78 Å². The number of fused-ring (bicyclic) bond motifs is 1. The quantitative estimate of drug-likeness (QED) is 0.803. The van der Waals surface area contributed by atoms with E-state index in [1.165, 1.54) is 13.0 Å². The number of hydrogen-bond donors (Lipinski definition) is 2. The Balaban J connectivity index is 2.82. The van der Waals surface area contributed by atoms with Crippen LogP contribution in [0.15, 0.2) is 24.4 Å². The predicted octanol–water partition coefficient (Wildman–Crippen LogP) is 1.53. The largest absolute Gasteiger partial charge is 0.478 e. The molecule has 0 atom stereocenters. The molecule has 1 aromatic carbocycles. The van der Waals surface area contributed by atoms with Crippen molar-refractivity contribution >= 4 is 22.7 Å². The number of ketones is 1. The third kappa shape index (κ3) is 1.89. The van der Waals surface area contributed by atoms with E-state index >= 15 is 0 Å². The SMILES string of the molecule is CC(=O)c1cn(CCO)c2cccc(C(=O)O)c12. The maximum Gasteiger partial charge on any atom is 0.336 e. The Kier molecular flexibility index (Phi) is 3.16. The van der Waals surface area contributed by atoms with Gasteiger partial charge < -0.3 is 14.8 Å². The van der Waals surface area contributed by atoms with Crippen LogP contribution in [-0.4, -0.2) is 33.1 Å². The summed E-state index contributed by atoms with van der Waals surface area (Å²) >= 11 is 0. The first-order chi connectivity index (χ1) is 8.56. The molecule has 5 nitrogen and oxygen atoms in total. The van der Waals surface area contributed by atoms with Crippen LogP contribution in [0.4, 0.5) is 0 Å². The Hall–Kier alpha value is -2.14. The van der Waals surface area contributed by atoms with Crippen LogP contribution in [0, 0.1) is 0 Å². The van der Waals surface area contributed by atoms with Gasteiger partial charge in [0.2, 0.25) is 0 Å². The van der Waals surface area contributed by atoms with Crippen LogP contribution in [0.2, 0.25) is 0 Å². The molecule has 0 spiro atoms. The average Bonchev–Trinajstić information content (AvgIpc) is 2.69. The number of nitrogens with zero attached hydrogens (tertiary/aromatic N) is 1. The zero-order valence-corrected chi connectivity index (χ0v) is 9.88. The smallest absolute Gasteiger partial charge is 0.336 e. The molecule has 0 aliphatic rings. The van der Waals surface area contributed by atoms with E-state index in [1.54, 1.807) is 22.9 Å². The van der Waals surface area contributed by atoms with Crippen molar-refractivity contribution in [1.29, 1.82) is 0 Å². The number of rotatable bonds is 4. The van der Waals surface area contributed by atoms with Crippen LogP contribution in [0.1, 0.15) is 27.6 Å². The number of aliphatic hydroxyl groups is 1. The van der Waals surface area contributed by atoms with Gasteiger partial charge in [0, 0.05) is 29.2 Å². The number of carbonyl (C=O) groups excluding carboxylic acids is 1. The molecule has 94 valence electrons. The first-order valence-electron chi connectivity index (χ1n) is 5.53. The lowest BCUT2D eigenvalue weighted by Gasteiger charge is -2.03. The van der Waals surface area contributed by atoms with Gasteiger partial charge in [-0.25, -0.2) is 4.79 Å². The summed E-state index contributed by atoms with van der Waals surface area (Å²) in [6.07, 6.45) is 1.59. The minimum Gasteiger partial charge on any atom is -0.478 e. The summed E-state index contributed by atoms with van der Waals surface area (Å²) < 4.78 is 1.69. The Morgan fingerprint density at radius 2 is 2.00 bits per heavy atom. The second-order valence-electron chi connectivity index (χ2n) is 4.02. The van der Waals surface area contributed by atoms with Crippen molar-refractivity contribution < 1.29 is 19.8 Å². The van der Waals surface area contributed by atoms with Gasteiger partial charge in [0.05, 0.1) is 12.2 Å². The minimum atomic E-state index is -1.06. The van der Waals surface area contributed by atoms with Crippen molar-refractivity contribution in [2.75, 3.05) is 6.61 Å². The molecule has 5 heteroatoms. The summed E-state index contributed by atoms with van der Waals surface area (Å²) in [5, 5.41) is 18.6. The first kappa shape index (κ1) is 12.3. The number of carbonyl (C=O) groups is 2. The highest BCUT2D eigenvalue weighted by Crippen LogP contribution is 2.25. The van der Waals surface area contributed by atoms with Gasteiger partial charge in [-0.2, -0.15) is 0 Å². The molecule has 0 bridgehead atoms. The number of benzene rings is 1. The van der Waals surface area contributed by atoms with Crippen LogP contribution < -0.4 is 0 Å². The summed E-state index contributed by atoms with van der Waals surface area (Å²) in [5.41, 5.74) is 1.12. The second-order valence-corrected chi connectivity index (χ2v) is 4.02. The van der Waals surface area contributed by atoms with Gasteiger partial charge in [0.25, 0.3) is 0 Å². The number of carboxylic acids is 1. The van der Waals surface area contributed by atoms with Crippen LogP contribution in [0.3, 0.4) is 0 Å². The molecule has 2 N–H and O–H groups in total. The molecule has 0 saturated carbocycles. The molecule has 0 aliphatic carbocycles. The summed E-state index contributed by atoms with van der Waals surface area (Å²) in [7, 11) is 0. The standard InChI is InChI=1S/C13H13NO4/c1-8(16)10-7-14(5-6-15)11-4-2-3-9(12(10)11)13(17)18/h2-4,7,15H,5-6H2,1H3,(H,17,18). The van der Waals surface area contributed by atoms with E-state index in [0.717, 1.165) is 0 Å². The lowest BCUT2D eigenvalue weighted by atomic mass is 10.0. The molecule has 2 aromatic rings. The fourth-order valence-electron chi connectivity index (χ4n) is 2.09. The van der Waals surface area contributed by atoms with Crippen molar-refractivity contribution in [2.24, 2.45) is 0 Å². The highest BCUT2D eigenvalue weighted by atomic mass is 16.4. The normalized spacial score (nSPS) is 10.8. The maximum absolute atomic E-state index is 11.6. The fraction of sp³-hybridized carbons (Fsp3) is 0.231. The van der Waals surface area contributed by atoms with Gasteiger partial charge in [-0.15, -0.1) is 0 Å². The molecule has 0 unspecified atom stereocenters. The number of aliphatic hydroxyl groups excluding tert-OH is 1. The molecule has 1 aromatic heterocycles. The number of aromatic nitrogens is 1. The van der Waals surface area contributed by atoms with E-state index in [2.05, 4.69) is 0 Å². The third-order valence-electron chi connectivity index (χ3n) is 2.86. The number of aromatic carboxylic acids is 1. The van der Waals surface area contributed by atoms with E-state index in [4.69, 9.17) is 10.2 Å². The molecule has 18 heavy (non-hydrogen) atoms. The topological polar surface area (TPSA) is 79.5 Å². The van der Waals surface area contributed by atoms with Gasteiger partial charge in [-0.1, -0.05) is 6.07 Å². The van der Waals surface area contributed by atoms with Gasteiger partial charge in [-0.05, 0) is 19.1 Å². The second kappa shape index (κ2) is 4.62. The molecule has 1 heterocycles. The van der Waals surface area contributed by atoms with E-state index in [0.29, 0.717) is 23.0 Å². The Bertz CT molecular complexity index is 627. The third-order valence-corrected chi connectivity index (χ3v) is 2.86. The monoisotopic (exact) mass is 247 g/mol. The fourth-order valence-corrected chi connectivity index (χ4v) is 2.09. The molecule has 0 amide bonds. The number of Topliss-reactive ketones (excluding diaryl/α,β-unsaturated/α-hetero) is 1. The summed E-state index contributed by atoms with van der Waals surface area (Å²) in [4.78, 5) is 22.8. The van der Waals surface area contributed by atoms with E-state index in [9.17, 15) is 9.59 Å². The Labute approximate surface area is 103 Å². The zero-order chi connectivity index (χ0) is 13.3. The molecule has 0 saturated heterocycles. The highest BCUT2D eigenvalue weighted by molar-refractivity contribution is 6.14. The average molecular weight is 247 g/mol. The van der Waals surface area contributed by atoms with Gasteiger partial charge in [-0.3, -0.25) is 4.79 Å². The van der Waals surface area contributed by atoms with Crippen molar-refractivity contribution in [2.45, 2.75) is 13.5 Å². The molecule has 0 aliphatic heterocycles. The van der Waals surface area contributed by atoms with E-state index in [1.807, 2.05) is 0 Å². The van der Waals surface area contributed by atoms with Crippen molar-refractivity contribution in [3.05, 3.63) is 35.5 Å². The van der Waals surface area contributed by atoms with Crippen molar-refractivity contribution in [3.63, 3.8) is 0 Å². The van der Waals surface area contributed by atoms with Crippen LogP contribution in [0.5, 0.6) is 0 Å². The molecular formula is C13H13NO4. The van der Waals surface area contributed by atoms with Crippen LogP contribution >= 0.6 is 0 Å². The summed E-state index contributed by atoms with van der Waals surface area (Å²) in [6, 6.07) is 4.84.